The average Bonchev–Trinajstić information content (AvgIpc) is 3.20. The summed E-state index contributed by atoms with van der Waals surface area (Å²) in [5, 5.41) is 23.6. The lowest BCUT2D eigenvalue weighted by Gasteiger charge is -2.24. The third-order valence-electron chi connectivity index (χ3n) is 10.4. The van der Waals surface area contributed by atoms with Gasteiger partial charge in [-0.2, -0.15) is 0 Å². The second-order valence-electron chi connectivity index (χ2n) is 15.9. The number of hydrogen-bond donors (Lipinski definition) is 3. The zero-order valence-corrected chi connectivity index (χ0v) is 37.2. The van der Waals surface area contributed by atoms with Crippen LogP contribution < -0.4 is 5.32 Å². The molecule has 0 aromatic carbocycles. The van der Waals surface area contributed by atoms with E-state index in [1.165, 1.54) is 96.3 Å². The maximum Gasteiger partial charge on any atom is 0.306 e. The summed E-state index contributed by atoms with van der Waals surface area (Å²) in [5.74, 6) is -0.570. The molecule has 0 radical (unpaired) electrons. The van der Waals surface area contributed by atoms with Crippen LogP contribution in [0.4, 0.5) is 0 Å². The van der Waals surface area contributed by atoms with Crippen molar-refractivity contribution in [3.8, 4) is 0 Å². The zero-order valence-electron chi connectivity index (χ0n) is 37.2. The number of nitrogens with one attached hydrogen (secondary N) is 1. The molecule has 328 valence electrons. The Balaban J connectivity index is 4.74. The summed E-state index contributed by atoms with van der Waals surface area (Å²) < 4.78 is 5.86. The number of carbonyl (C=O) groups excluding carboxylic acids is 2. The highest BCUT2D eigenvalue weighted by Crippen LogP contribution is 2.16. The molecule has 0 aliphatic rings. The van der Waals surface area contributed by atoms with E-state index in [2.05, 4.69) is 50.4 Å². The van der Waals surface area contributed by atoms with Gasteiger partial charge in [0.2, 0.25) is 5.91 Å². The van der Waals surface area contributed by atoms with Crippen LogP contribution in [-0.4, -0.2) is 46.9 Å². The molecule has 1 amide bonds. The van der Waals surface area contributed by atoms with E-state index in [-0.39, 0.29) is 24.9 Å². The topological polar surface area (TPSA) is 95.9 Å². The Bertz CT molecular complexity index is 1070. The van der Waals surface area contributed by atoms with Crippen LogP contribution in [-0.2, 0) is 14.3 Å². The van der Waals surface area contributed by atoms with Crippen LogP contribution >= 0.6 is 0 Å². The lowest BCUT2D eigenvalue weighted by atomic mass is 10.0. The highest BCUT2D eigenvalue weighted by molar-refractivity contribution is 5.77. The minimum absolute atomic E-state index is 0.0202. The van der Waals surface area contributed by atoms with E-state index in [9.17, 15) is 19.8 Å². The number of hydrogen-bond acceptors (Lipinski definition) is 5. The molecule has 6 heteroatoms. The van der Waals surface area contributed by atoms with Crippen molar-refractivity contribution in [1.82, 2.24) is 5.32 Å². The van der Waals surface area contributed by atoms with Gasteiger partial charge in [-0.1, -0.05) is 209 Å². The van der Waals surface area contributed by atoms with E-state index in [1.54, 1.807) is 0 Å². The van der Waals surface area contributed by atoms with Crippen molar-refractivity contribution in [1.29, 1.82) is 0 Å². The van der Waals surface area contributed by atoms with E-state index >= 15 is 0 Å². The standard InChI is InChI=1S/C51H89NO5/c1-4-7-10-13-16-19-22-25-27-30-33-36-39-42-47(57-51(56)44-41-38-35-32-29-26-23-20-17-14-11-8-5-2)45-50(55)52-48(46-53)49(54)43-40-37-34-31-28-24-21-18-15-12-9-6-3/h7,10,13,16,19,22,25-27,29-30,33,47-49,53-54H,4-6,8-9,11-12,14-15,17-18,20-21,23-24,28,31-32,34-46H2,1-3H3,(H,52,55)/b10-7+,16-13+,22-19-,27-25-,29-26-,33-30+. The summed E-state index contributed by atoms with van der Waals surface area (Å²) in [7, 11) is 0. The number of allylic oxidation sites excluding steroid dienone is 12. The van der Waals surface area contributed by atoms with Gasteiger partial charge in [-0.3, -0.25) is 9.59 Å². The number of carbonyl (C=O) groups is 2. The van der Waals surface area contributed by atoms with Crippen molar-refractivity contribution in [3.63, 3.8) is 0 Å². The van der Waals surface area contributed by atoms with E-state index in [0.717, 1.165) is 70.6 Å². The molecule has 3 unspecified atom stereocenters. The molecule has 0 aliphatic carbocycles. The van der Waals surface area contributed by atoms with Crippen molar-refractivity contribution in [2.24, 2.45) is 0 Å². The van der Waals surface area contributed by atoms with Crippen molar-refractivity contribution < 1.29 is 24.5 Å². The third-order valence-corrected chi connectivity index (χ3v) is 10.4. The predicted molar refractivity (Wildman–Crippen MR) is 245 cm³/mol. The van der Waals surface area contributed by atoms with Gasteiger partial charge in [0.05, 0.1) is 25.2 Å². The van der Waals surface area contributed by atoms with E-state index < -0.39 is 18.2 Å². The first kappa shape index (κ1) is 54.3. The van der Waals surface area contributed by atoms with Crippen molar-refractivity contribution in [2.45, 2.75) is 232 Å². The predicted octanol–water partition coefficient (Wildman–Crippen LogP) is 13.8. The van der Waals surface area contributed by atoms with Crippen LogP contribution in [0.3, 0.4) is 0 Å². The first-order valence-corrected chi connectivity index (χ1v) is 23.7. The molecule has 0 aromatic heterocycles. The quantitative estimate of drug-likeness (QED) is 0.0248. The average molecular weight is 796 g/mol. The van der Waals surface area contributed by atoms with Gasteiger partial charge in [-0.15, -0.1) is 0 Å². The largest absolute Gasteiger partial charge is 0.462 e. The number of aliphatic hydroxyl groups is 2. The second kappa shape index (κ2) is 44.4. The van der Waals surface area contributed by atoms with Crippen LogP contribution in [0.15, 0.2) is 72.9 Å². The van der Waals surface area contributed by atoms with E-state index in [4.69, 9.17) is 4.74 Å². The highest BCUT2D eigenvalue weighted by atomic mass is 16.5. The summed E-state index contributed by atoms with van der Waals surface area (Å²) in [6, 6.07) is -0.728. The molecule has 0 rings (SSSR count). The van der Waals surface area contributed by atoms with Gasteiger partial charge in [0, 0.05) is 6.42 Å². The molecular formula is C51H89NO5. The van der Waals surface area contributed by atoms with Crippen LogP contribution in [0.2, 0.25) is 0 Å². The Morgan fingerprint density at radius 2 is 0.982 bits per heavy atom. The molecule has 6 nitrogen and oxygen atoms in total. The van der Waals surface area contributed by atoms with Gasteiger partial charge in [0.1, 0.15) is 6.10 Å². The first-order chi connectivity index (χ1) is 28.0. The number of amides is 1. The molecule has 0 saturated heterocycles. The third kappa shape index (κ3) is 39.9. The maximum absolute atomic E-state index is 13.1. The Morgan fingerprint density at radius 3 is 1.51 bits per heavy atom. The van der Waals surface area contributed by atoms with Crippen LogP contribution in [0.25, 0.3) is 0 Å². The second-order valence-corrected chi connectivity index (χ2v) is 15.9. The lowest BCUT2D eigenvalue weighted by Crippen LogP contribution is -2.46. The fourth-order valence-corrected chi connectivity index (χ4v) is 6.80. The van der Waals surface area contributed by atoms with Crippen molar-refractivity contribution in [2.75, 3.05) is 6.61 Å². The summed E-state index contributed by atoms with van der Waals surface area (Å²) >= 11 is 0. The summed E-state index contributed by atoms with van der Waals surface area (Å²) in [6.45, 7) is 6.29. The first-order valence-electron chi connectivity index (χ1n) is 23.7. The van der Waals surface area contributed by atoms with Gasteiger partial charge in [-0.25, -0.2) is 0 Å². The Hall–Kier alpha value is -2.70. The molecule has 0 heterocycles. The fraction of sp³-hybridized carbons (Fsp3) is 0.725. The van der Waals surface area contributed by atoms with Crippen molar-refractivity contribution in [3.05, 3.63) is 72.9 Å². The summed E-state index contributed by atoms with van der Waals surface area (Å²) in [5.41, 5.74) is 0. The maximum atomic E-state index is 13.1. The molecule has 0 aromatic rings. The monoisotopic (exact) mass is 796 g/mol. The molecule has 57 heavy (non-hydrogen) atoms. The molecule has 0 saturated carbocycles. The molecule has 3 atom stereocenters. The summed E-state index contributed by atoms with van der Waals surface area (Å²) in [6.07, 6.45) is 55.3. The number of rotatable bonds is 41. The van der Waals surface area contributed by atoms with Gasteiger partial charge in [0.15, 0.2) is 0 Å². The van der Waals surface area contributed by atoms with Gasteiger partial charge < -0.3 is 20.3 Å². The van der Waals surface area contributed by atoms with E-state index in [1.807, 2.05) is 48.6 Å². The molecule has 0 bridgehead atoms. The van der Waals surface area contributed by atoms with Crippen LogP contribution in [0, 0.1) is 0 Å². The number of ether oxygens (including phenoxy) is 1. The Morgan fingerprint density at radius 1 is 0.526 bits per heavy atom. The molecule has 3 N–H and O–H groups in total. The molecular weight excluding hydrogens is 707 g/mol. The molecule has 0 fully saturated rings. The minimum Gasteiger partial charge on any atom is -0.462 e. The highest BCUT2D eigenvalue weighted by Gasteiger charge is 2.24. The molecule has 0 aliphatic heterocycles. The summed E-state index contributed by atoms with van der Waals surface area (Å²) in [4.78, 5) is 26.0. The van der Waals surface area contributed by atoms with Crippen LogP contribution in [0.1, 0.15) is 213 Å². The Labute approximate surface area is 351 Å². The lowest BCUT2D eigenvalue weighted by molar-refractivity contribution is -0.151. The number of unbranched alkanes of at least 4 members (excludes halogenated alkanes) is 21. The fourth-order valence-electron chi connectivity index (χ4n) is 6.80. The van der Waals surface area contributed by atoms with Gasteiger partial charge in [0.25, 0.3) is 0 Å². The van der Waals surface area contributed by atoms with Crippen molar-refractivity contribution >= 4 is 11.9 Å². The zero-order chi connectivity index (χ0) is 41.7. The number of aliphatic hydroxyl groups excluding tert-OH is 2. The smallest absolute Gasteiger partial charge is 0.306 e. The van der Waals surface area contributed by atoms with Gasteiger partial charge in [-0.05, 0) is 64.2 Å². The van der Waals surface area contributed by atoms with Crippen LogP contribution in [0.5, 0.6) is 0 Å². The SMILES string of the molecule is CC/C=C/C=C/C=C\C=C/C=C/CCCC(CC(=O)NC(CO)C(O)CCCCCCCCCCCCCC)OC(=O)CCCCC/C=C\CCCCCCCC. The minimum atomic E-state index is -0.810. The normalized spacial score (nSPS) is 14.0. The Kier molecular flexibility index (Phi) is 42.3. The van der Waals surface area contributed by atoms with E-state index in [0.29, 0.717) is 19.3 Å². The molecule has 0 spiro atoms. The van der Waals surface area contributed by atoms with Gasteiger partial charge >= 0.3 is 5.97 Å². The number of esters is 1.